The number of para-hydroxylation sites is 1. The molecule has 2 aliphatic rings. The van der Waals surface area contributed by atoms with Crippen molar-refractivity contribution in [2.24, 2.45) is 0 Å². The van der Waals surface area contributed by atoms with Crippen LogP contribution in [-0.2, 0) is 16.0 Å². The minimum absolute atomic E-state index is 0.0912. The monoisotopic (exact) mass is 293 g/mol. The quantitative estimate of drug-likeness (QED) is 0.888. The summed E-state index contributed by atoms with van der Waals surface area (Å²) in [6.45, 7) is 0. The smallest absolute Gasteiger partial charge is 0.329 e. The van der Waals surface area contributed by atoms with Gasteiger partial charge in [0.25, 0.3) is 5.91 Å². The second-order valence-corrected chi connectivity index (χ2v) is 5.62. The van der Waals surface area contributed by atoms with Crippen molar-refractivity contribution in [3.05, 3.63) is 29.6 Å². The van der Waals surface area contributed by atoms with Gasteiger partial charge in [0.05, 0.1) is 0 Å². The van der Waals surface area contributed by atoms with E-state index in [4.69, 9.17) is 4.74 Å². The summed E-state index contributed by atoms with van der Waals surface area (Å²) in [4.78, 5) is 23.7. The van der Waals surface area contributed by atoms with Crippen LogP contribution in [0, 0.1) is 5.82 Å². The van der Waals surface area contributed by atoms with Gasteiger partial charge in [-0.2, -0.15) is 0 Å². The number of hydrogen-bond acceptors (Lipinski definition) is 3. The molecule has 0 saturated heterocycles. The van der Waals surface area contributed by atoms with Crippen molar-refractivity contribution in [2.75, 3.05) is 0 Å². The lowest BCUT2D eigenvalue weighted by molar-refractivity contribution is -0.148. The topological polar surface area (TPSA) is 75.6 Å². The second kappa shape index (κ2) is 5.02. The molecule has 1 heterocycles. The first-order chi connectivity index (χ1) is 10.0. The average molecular weight is 293 g/mol. The van der Waals surface area contributed by atoms with Gasteiger partial charge in [-0.3, -0.25) is 4.79 Å². The normalized spacial score (nSPS) is 22.4. The third-order valence-corrected chi connectivity index (χ3v) is 4.24. The van der Waals surface area contributed by atoms with Crippen molar-refractivity contribution in [3.63, 3.8) is 0 Å². The molecule has 1 fully saturated rings. The zero-order valence-electron chi connectivity index (χ0n) is 11.4. The van der Waals surface area contributed by atoms with Gasteiger partial charge in [-0.25, -0.2) is 9.18 Å². The molecule has 0 bridgehead atoms. The Morgan fingerprint density at radius 3 is 2.67 bits per heavy atom. The van der Waals surface area contributed by atoms with Gasteiger partial charge in [0.2, 0.25) is 0 Å². The summed E-state index contributed by atoms with van der Waals surface area (Å²) in [5.41, 5.74) is -0.570. The van der Waals surface area contributed by atoms with Gasteiger partial charge in [-0.05, 0) is 18.9 Å². The molecule has 112 valence electrons. The van der Waals surface area contributed by atoms with Crippen molar-refractivity contribution in [1.29, 1.82) is 0 Å². The molecule has 2 N–H and O–H groups in total. The minimum atomic E-state index is -1.20. The van der Waals surface area contributed by atoms with Gasteiger partial charge >= 0.3 is 5.97 Å². The zero-order chi connectivity index (χ0) is 15.0. The Morgan fingerprint density at radius 2 is 2.05 bits per heavy atom. The number of carboxylic acids is 1. The molecule has 0 spiro atoms. The van der Waals surface area contributed by atoms with Crippen LogP contribution >= 0.6 is 0 Å². The number of carbonyl (C=O) groups is 2. The summed E-state index contributed by atoms with van der Waals surface area (Å²) in [7, 11) is 0. The first-order valence-corrected chi connectivity index (χ1v) is 7.01. The van der Waals surface area contributed by atoms with Crippen molar-refractivity contribution in [1.82, 2.24) is 5.32 Å². The number of nitrogens with one attached hydrogen (secondary N) is 1. The van der Waals surface area contributed by atoms with E-state index >= 15 is 0 Å². The molecule has 0 radical (unpaired) electrons. The molecule has 3 rings (SSSR count). The number of carboxylic acid groups (broad SMARTS) is 1. The lowest BCUT2D eigenvalue weighted by Crippen LogP contribution is -2.55. The Bertz CT molecular complexity index is 595. The summed E-state index contributed by atoms with van der Waals surface area (Å²) >= 11 is 0. The standard InChI is InChI=1S/C15H16FNO4/c16-10-5-3-4-9-8-11(21-12(9)10)13(18)17-15(14(19)20)6-1-2-7-15/h3-5,11H,1-2,6-8H2,(H,17,18)(H,19,20)/t11-/m1/s1. The van der Waals surface area contributed by atoms with E-state index in [0.717, 1.165) is 12.8 Å². The molecule has 1 aliphatic carbocycles. The van der Waals surface area contributed by atoms with E-state index in [2.05, 4.69) is 5.32 Å². The number of benzene rings is 1. The lowest BCUT2D eigenvalue weighted by atomic mass is 9.97. The summed E-state index contributed by atoms with van der Waals surface area (Å²) in [6, 6.07) is 4.54. The van der Waals surface area contributed by atoms with E-state index in [9.17, 15) is 19.1 Å². The van der Waals surface area contributed by atoms with E-state index in [-0.39, 0.29) is 12.2 Å². The van der Waals surface area contributed by atoms with Gasteiger partial charge in [-0.15, -0.1) is 0 Å². The summed E-state index contributed by atoms with van der Waals surface area (Å²) in [5, 5.41) is 12.0. The molecule has 1 amide bonds. The van der Waals surface area contributed by atoms with Crippen LogP contribution in [0.2, 0.25) is 0 Å². The number of amides is 1. The van der Waals surface area contributed by atoms with Crippen molar-refractivity contribution >= 4 is 11.9 Å². The molecule has 0 unspecified atom stereocenters. The van der Waals surface area contributed by atoms with Gasteiger partial charge < -0.3 is 15.2 Å². The predicted molar refractivity (Wildman–Crippen MR) is 71.5 cm³/mol. The van der Waals surface area contributed by atoms with Crippen LogP contribution < -0.4 is 10.1 Å². The highest BCUT2D eigenvalue weighted by Gasteiger charge is 2.44. The fourth-order valence-corrected chi connectivity index (χ4v) is 3.06. The van der Waals surface area contributed by atoms with Crippen LogP contribution in [0.15, 0.2) is 18.2 Å². The Kier molecular flexibility index (Phi) is 3.31. The number of carbonyl (C=O) groups excluding carboxylic acids is 1. The van der Waals surface area contributed by atoms with Gasteiger partial charge in [-0.1, -0.05) is 25.0 Å². The lowest BCUT2D eigenvalue weighted by Gasteiger charge is -2.26. The van der Waals surface area contributed by atoms with Crippen LogP contribution in [0.25, 0.3) is 0 Å². The number of aliphatic carboxylic acids is 1. The number of fused-ring (bicyclic) bond motifs is 1. The van der Waals surface area contributed by atoms with E-state index in [1.807, 2.05) is 0 Å². The van der Waals surface area contributed by atoms with Gasteiger partial charge in [0.1, 0.15) is 5.54 Å². The van der Waals surface area contributed by atoms with Crippen molar-refractivity contribution in [3.8, 4) is 5.75 Å². The Morgan fingerprint density at radius 1 is 1.33 bits per heavy atom. The van der Waals surface area contributed by atoms with E-state index in [1.165, 1.54) is 6.07 Å². The SMILES string of the molecule is O=C(NC1(C(=O)O)CCCC1)[C@H]1Cc2cccc(F)c2O1. The average Bonchev–Trinajstić information content (AvgIpc) is 3.06. The van der Waals surface area contributed by atoms with Crippen LogP contribution in [0.3, 0.4) is 0 Å². The number of ether oxygens (including phenoxy) is 1. The van der Waals surface area contributed by atoms with Crippen LogP contribution in [-0.4, -0.2) is 28.6 Å². The Hall–Kier alpha value is -2.11. The van der Waals surface area contributed by atoms with Crippen molar-refractivity contribution in [2.45, 2.75) is 43.7 Å². The molecule has 5 nitrogen and oxygen atoms in total. The number of halogens is 1. The molecule has 6 heteroatoms. The fourth-order valence-electron chi connectivity index (χ4n) is 3.06. The third kappa shape index (κ3) is 2.34. The summed E-state index contributed by atoms with van der Waals surface area (Å²) in [6.07, 6.45) is 1.77. The molecule has 21 heavy (non-hydrogen) atoms. The van der Waals surface area contributed by atoms with Gasteiger partial charge in [0.15, 0.2) is 17.7 Å². The third-order valence-electron chi connectivity index (χ3n) is 4.24. The predicted octanol–water partition coefficient (Wildman–Crippen LogP) is 1.64. The maximum absolute atomic E-state index is 13.6. The highest BCUT2D eigenvalue weighted by Crippen LogP contribution is 2.33. The largest absolute Gasteiger partial charge is 0.480 e. The van der Waals surface area contributed by atoms with Crippen molar-refractivity contribution < 1.29 is 23.8 Å². The molecular weight excluding hydrogens is 277 g/mol. The fraction of sp³-hybridized carbons (Fsp3) is 0.467. The van der Waals surface area contributed by atoms with Crippen LogP contribution in [0.5, 0.6) is 5.75 Å². The Labute approximate surface area is 121 Å². The highest BCUT2D eigenvalue weighted by atomic mass is 19.1. The number of rotatable bonds is 3. The van der Waals surface area contributed by atoms with Crippen LogP contribution in [0.4, 0.5) is 4.39 Å². The molecule has 1 aromatic carbocycles. The Balaban J connectivity index is 1.73. The van der Waals surface area contributed by atoms with E-state index in [0.29, 0.717) is 18.4 Å². The molecular formula is C15H16FNO4. The summed E-state index contributed by atoms with van der Waals surface area (Å²) < 4.78 is 18.9. The van der Waals surface area contributed by atoms with Crippen LogP contribution in [0.1, 0.15) is 31.2 Å². The maximum atomic E-state index is 13.6. The molecule has 1 atom stereocenters. The second-order valence-electron chi connectivity index (χ2n) is 5.62. The van der Waals surface area contributed by atoms with Gasteiger partial charge in [0, 0.05) is 12.0 Å². The maximum Gasteiger partial charge on any atom is 0.329 e. The number of hydrogen-bond donors (Lipinski definition) is 2. The molecule has 1 aromatic rings. The summed E-state index contributed by atoms with van der Waals surface area (Å²) in [5.74, 6) is -1.92. The first-order valence-electron chi connectivity index (χ1n) is 7.01. The minimum Gasteiger partial charge on any atom is -0.480 e. The molecule has 1 saturated carbocycles. The molecule has 0 aromatic heterocycles. The highest BCUT2D eigenvalue weighted by molar-refractivity contribution is 5.90. The van der Waals surface area contributed by atoms with E-state index < -0.39 is 29.3 Å². The first kappa shape index (κ1) is 13.9. The zero-order valence-corrected chi connectivity index (χ0v) is 11.4. The van der Waals surface area contributed by atoms with E-state index in [1.54, 1.807) is 12.1 Å². The molecule has 1 aliphatic heterocycles.